The molecule has 10 heteroatoms. The number of carbonyl (C=O) groups excluding carboxylic acids is 2. The zero-order valence-electron chi connectivity index (χ0n) is 29.8. The van der Waals surface area contributed by atoms with Crippen molar-refractivity contribution in [1.29, 1.82) is 0 Å². The zero-order chi connectivity index (χ0) is 34.5. The molecule has 278 valence electrons. The molecule has 1 aliphatic rings. The second-order valence-electron chi connectivity index (χ2n) is 13.4. The van der Waals surface area contributed by atoms with Gasteiger partial charge in [0.05, 0.1) is 13.2 Å². The van der Waals surface area contributed by atoms with Crippen molar-refractivity contribution >= 4 is 11.9 Å². The van der Waals surface area contributed by atoms with Crippen LogP contribution in [0, 0.1) is 0 Å². The van der Waals surface area contributed by atoms with Gasteiger partial charge in [-0.2, -0.15) is 0 Å². The minimum absolute atomic E-state index is 0.210. The highest BCUT2D eigenvalue weighted by Crippen LogP contribution is 2.22. The van der Waals surface area contributed by atoms with Crippen LogP contribution in [0.1, 0.15) is 168 Å². The highest BCUT2D eigenvalue weighted by Gasteiger charge is 2.44. The smallest absolute Gasteiger partial charge is 0.306 e. The van der Waals surface area contributed by atoms with Gasteiger partial charge in [0.25, 0.3) is 0 Å². The number of hydrogen-bond acceptors (Lipinski definition) is 10. The van der Waals surface area contributed by atoms with Crippen LogP contribution in [0.3, 0.4) is 0 Å². The number of aliphatic hydroxyl groups excluding tert-OH is 4. The molecule has 0 aliphatic carbocycles. The summed E-state index contributed by atoms with van der Waals surface area (Å²) in [6, 6.07) is 0. The highest BCUT2D eigenvalue weighted by molar-refractivity contribution is 5.70. The van der Waals surface area contributed by atoms with Gasteiger partial charge < -0.3 is 39.4 Å². The molecule has 1 fully saturated rings. The SMILES string of the molecule is CCCCCCCCCCCCCC(=O)OC[C@H](CO[C@@H]1O[C@H](CO)[C@H](O)C(O)C1O)OC(=O)CCCCCCCCCCCCC. The maximum absolute atomic E-state index is 12.6. The summed E-state index contributed by atoms with van der Waals surface area (Å²) in [6.45, 7) is 3.39. The molecule has 0 saturated carbocycles. The van der Waals surface area contributed by atoms with Gasteiger partial charge in [-0.25, -0.2) is 0 Å². The summed E-state index contributed by atoms with van der Waals surface area (Å²) in [6.07, 6.45) is 18.3. The van der Waals surface area contributed by atoms with Crippen LogP contribution in [0.15, 0.2) is 0 Å². The standard InChI is InChI=1S/C37H70O10/c1-3-5-7-9-11-13-15-17-19-21-23-25-32(39)44-28-30(29-45-37-36(43)35(42)34(41)31(27-38)47-37)46-33(40)26-24-22-20-18-16-14-12-10-8-6-4-2/h30-31,34-38,41-43H,3-29H2,1-2H3/t30-,31-,34+,35?,36?,37-/m1/s1. The number of hydrogen-bond donors (Lipinski definition) is 4. The van der Waals surface area contributed by atoms with Crippen LogP contribution in [-0.4, -0.2) is 89.0 Å². The molecule has 0 aromatic heterocycles. The van der Waals surface area contributed by atoms with E-state index in [-0.39, 0.29) is 32.0 Å². The van der Waals surface area contributed by atoms with Crippen molar-refractivity contribution in [1.82, 2.24) is 0 Å². The van der Waals surface area contributed by atoms with Gasteiger partial charge >= 0.3 is 11.9 Å². The van der Waals surface area contributed by atoms with Crippen molar-refractivity contribution < 1.29 is 49.0 Å². The maximum Gasteiger partial charge on any atom is 0.306 e. The zero-order valence-corrected chi connectivity index (χ0v) is 29.8. The van der Waals surface area contributed by atoms with Gasteiger partial charge in [-0.1, -0.05) is 142 Å². The molecule has 0 amide bonds. The van der Waals surface area contributed by atoms with Crippen LogP contribution < -0.4 is 0 Å². The van der Waals surface area contributed by atoms with Crippen LogP contribution in [0.4, 0.5) is 0 Å². The Labute approximate surface area is 285 Å². The molecule has 0 aromatic carbocycles. The second-order valence-corrected chi connectivity index (χ2v) is 13.4. The first-order valence-corrected chi connectivity index (χ1v) is 19.1. The summed E-state index contributed by atoms with van der Waals surface area (Å²) in [7, 11) is 0. The minimum atomic E-state index is -1.59. The summed E-state index contributed by atoms with van der Waals surface area (Å²) in [4.78, 5) is 25.1. The number of carbonyl (C=O) groups is 2. The predicted octanol–water partition coefficient (Wildman–Crippen LogP) is 6.66. The van der Waals surface area contributed by atoms with Crippen LogP contribution in [0.2, 0.25) is 0 Å². The number of esters is 2. The lowest BCUT2D eigenvalue weighted by molar-refractivity contribution is -0.305. The second kappa shape index (κ2) is 29.6. The first kappa shape index (κ1) is 43.7. The van der Waals surface area contributed by atoms with Crippen molar-refractivity contribution in [3.63, 3.8) is 0 Å². The Hall–Kier alpha value is -1.30. The topological polar surface area (TPSA) is 152 Å². The molecule has 1 saturated heterocycles. The summed E-state index contributed by atoms with van der Waals surface area (Å²) < 4.78 is 22.0. The van der Waals surface area contributed by atoms with Gasteiger partial charge in [-0.15, -0.1) is 0 Å². The van der Waals surface area contributed by atoms with Gasteiger partial charge in [0.1, 0.15) is 31.0 Å². The molecular weight excluding hydrogens is 604 g/mol. The lowest BCUT2D eigenvalue weighted by Gasteiger charge is -2.39. The van der Waals surface area contributed by atoms with E-state index in [1.165, 1.54) is 96.3 Å². The van der Waals surface area contributed by atoms with Gasteiger partial charge in [-0.3, -0.25) is 9.59 Å². The molecule has 1 heterocycles. The fourth-order valence-electron chi connectivity index (χ4n) is 5.89. The van der Waals surface area contributed by atoms with Crippen molar-refractivity contribution in [3.05, 3.63) is 0 Å². The van der Waals surface area contributed by atoms with Crippen molar-refractivity contribution in [2.45, 2.75) is 205 Å². The molecule has 0 bridgehead atoms. The summed E-state index contributed by atoms with van der Waals surface area (Å²) in [5.41, 5.74) is 0. The molecular formula is C37H70O10. The first-order chi connectivity index (χ1) is 22.8. The molecule has 2 unspecified atom stereocenters. The molecule has 6 atom stereocenters. The summed E-state index contributed by atoms with van der Waals surface area (Å²) in [5, 5.41) is 39.8. The van der Waals surface area contributed by atoms with Crippen molar-refractivity contribution in [2.24, 2.45) is 0 Å². The number of ether oxygens (including phenoxy) is 4. The molecule has 0 spiro atoms. The fraction of sp³-hybridized carbons (Fsp3) is 0.946. The average molecular weight is 675 g/mol. The van der Waals surface area contributed by atoms with E-state index in [1.807, 2.05) is 0 Å². The monoisotopic (exact) mass is 674 g/mol. The van der Waals surface area contributed by atoms with E-state index in [0.717, 1.165) is 38.5 Å². The van der Waals surface area contributed by atoms with E-state index in [4.69, 9.17) is 18.9 Å². The quantitative estimate of drug-likeness (QED) is 0.0464. The molecule has 47 heavy (non-hydrogen) atoms. The van der Waals surface area contributed by atoms with E-state index in [9.17, 15) is 30.0 Å². The molecule has 0 radical (unpaired) electrons. The maximum atomic E-state index is 12.6. The molecule has 1 aliphatic heterocycles. The summed E-state index contributed by atoms with van der Waals surface area (Å²) in [5.74, 6) is -0.801. The third kappa shape index (κ3) is 22.1. The predicted molar refractivity (Wildman–Crippen MR) is 183 cm³/mol. The Kier molecular flexibility index (Phi) is 27.5. The molecule has 0 aromatic rings. The van der Waals surface area contributed by atoms with Crippen molar-refractivity contribution in [3.8, 4) is 0 Å². The van der Waals surface area contributed by atoms with Crippen LogP contribution >= 0.6 is 0 Å². The Morgan fingerprint density at radius 3 is 1.45 bits per heavy atom. The molecule has 1 rings (SSSR count). The number of rotatable bonds is 31. The summed E-state index contributed by atoms with van der Waals surface area (Å²) >= 11 is 0. The van der Waals surface area contributed by atoms with Gasteiger partial charge in [0.2, 0.25) is 0 Å². The molecule has 10 nitrogen and oxygen atoms in total. The Bertz CT molecular complexity index is 749. The minimum Gasteiger partial charge on any atom is -0.462 e. The average Bonchev–Trinajstić information content (AvgIpc) is 3.06. The van der Waals surface area contributed by atoms with Gasteiger partial charge in [0.15, 0.2) is 12.4 Å². The van der Waals surface area contributed by atoms with Gasteiger partial charge in [-0.05, 0) is 12.8 Å². The van der Waals surface area contributed by atoms with E-state index in [2.05, 4.69) is 13.8 Å². The Balaban J connectivity index is 2.40. The van der Waals surface area contributed by atoms with E-state index in [1.54, 1.807) is 0 Å². The van der Waals surface area contributed by atoms with Crippen LogP contribution in [-0.2, 0) is 28.5 Å². The number of unbranched alkanes of at least 4 members (excludes halogenated alkanes) is 20. The van der Waals surface area contributed by atoms with Crippen LogP contribution in [0.5, 0.6) is 0 Å². The molecule has 4 N–H and O–H groups in total. The normalized spacial score (nSPS) is 21.9. The lowest BCUT2D eigenvalue weighted by Crippen LogP contribution is -2.59. The fourth-order valence-corrected chi connectivity index (χ4v) is 5.89. The third-order valence-corrected chi connectivity index (χ3v) is 8.99. The number of aliphatic hydroxyl groups is 4. The third-order valence-electron chi connectivity index (χ3n) is 8.99. The van der Waals surface area contributed by atoms with E-state index < -0.39 is 49.4 Å². The van der Waals surface area contributed by atoms with Crippen LogP contribution in [0.25, 0.3) is 0 Å². The van der Waals surface area contributed by atoms with Crippen molar-refractivity contribution in [2.75, 3.05) is 19.8 Å². The van der Waals surface area contributed by atoms with Gasteiger partial charge in [0, 0.05) is 12.8 Å². The van der Waals surface area contributed by atoms with E-state index in [0.29, 0.717) is 6.42 Å². The Morgan fingerprint density at radius 1 is 0.574 bits per heavy atom. The Morgan fingerprint density at radius 2 is 1.00 bits per heavy atom. The van der Waals surface area contributed by atoms with E-state index >= 15 is 0 Å². The highest BCUT2D eigenvalue weighted by atomic mass is 16.7. The first-order valence-electron chi connectivity index (χ1n) is 19.1. The largest absolute Gasteiger partial charge is 0.462 e. The lowest BCUT2D eigenvalue weighted by atomic mass is 9.99.